The molecule has 0 saturated heterocycles. The van der Waals surface area contributed by atoms with Gasteiger partial charge in [0, 0.05) is 0 Å². The van der Waals surface area contributed by atoms with Gasteiger partial charge in [-0.25, -0.2) is 0 Å². The van der Waals surface area contributed by atoms with Crippen molar-refractivity contribution in [1.82, 2.24) is 0 Å². The average molecular weight is 198 g/mol. The minimum absolute atomic E-state index is 0. The summed E-state index contributed by atoms with van der Waals surface area (Å²) < 4.78 is 0. The maximum Gasteiger partial charge on any atom is 3.00 e. The molecule has 0 aliphatic carbocycles. The molecule has 50 valence electrons. The Morgan fingerprint density at radius 2 is 1.18 bits per heavy atom. The van der Waals surface area contributed by atoms with Crippen LogP contribution in [0, 0.1) is 25.4 Å². The molecule has 0 heterocycles. The quantitative estimate of drug-likeness (QED) is 0.163. The molecular formula is HAlN2Na2O6+2. The summed E-state index contributed by atoms with van der Waals surface area (Å²) in [5.41, 5.74) is 0. The van der Waals surface area contributed by atoms with E-state index in [1.807, 2.05) is 0 Å². The predicted molar refractivity (Wildman–Crippen MR) is 27.2 cm³/mol. The molecule has 0 unspecified atom stereocenters. The second-order valence-corrected chi connectivity index (χ2v) is 0.298. The first-order chi connectivity index (χ1) is 3.15. The Balaban J connectivity index is -0.00000000848. The van der Waals surface area contributed by atoms with Crippen molar-refractivity contribution < 1.29 is 69.7 Å². The van der Waals surface area contributed by atoms with E-state index in [9.17, 15) is 0 Å². The minimum Gasteiger partial charge on any atom is -0.870 e. The van der Waals surface area contributed by atoms with Gasteiger partial charge in [0.15, 0.2) is 0 Å². The van der Waals surface area contributed by atoms with Crippen LogP contribution in [0.3, 0.4) is 0 Å². The van der Waals surface area contributed by atoms with Crippen LogP contribution in [0.4, 0.5) is 0 Å². The van der Waals surface area contributed by atoms with Crippen molar-refractivity contribution in [3.8, 4) is 0 Å². The van der Waals surface area contributed by atoms with Crippen LogP contribution in [0.5, 0.6) is 0 Å². The van der Waals surface area contributed by atoms with Gasteiger partial charge in [-0.2, -0.15) is 0 Å². The van der Waals surface area contributed by atoms with Crippen LogP contribution in [-0.4, -0.2) is 27.9 Å². The Morgan fingerprint density at radius 1 is 1.18 bits per heavy atom. The van der Waals surface area contributed by atoms with Crippen LogP contribution in [0.15, 0.2) is 5.34 Å². The molecule has 11 heteroatoms. The zero-order valence-electron chi connectivity index (χ0n) is 5.96. The van der Waals surface area contributed by atoms with E-state index < -0.39 is 5.09 Å². The molecule has 0 rings (SSSR count). The van der Waals surface area contributed by atoms with Crippen LogP contribution in [0.25, 0.3) is 0 Å². The molecule has 0 aromatic carbocycles. The molecule has 0 aromatic heterocycles. The van der Waals surface area contributed by atoms with E-state index >= 15 is 0 Å². The molecule has 0 saturated carbocycles. The van der Waals surface area contributed by atoms with E-state index in [1.54, 1.807) is 0 Å². The first-order valence-electron chi connectivity index (χ1n) is 0.913. The second kappa shape index (κ2) is 43.6. The zero-order valence-corrected chi connectivity index (χ0v) is 11.1. The standard InChI is InChI=1S/Al.NO3.HNO2.2Na.H2O/c;2-1(3)4;2-1-3;;;/h;;(H,2,3);;;1H2/q+3;-1;;2*+1;/p-2. The molecule has 0 aromatic rings. The Labute approximate surface area is 116 Å². The summed E-state index contributed by atoms with van der Waals surface area (Å²) in [4.78, 5) is 16.2. The SMILES string of the molecule is O=N[O-].O=[N+]([O-])[O-].[Al+3].[Na+].[Na+].[OH-]. The fraction of sp³-hybridized carbons (Fsp3) is 0. The Hall–Kier alpha value is 1.09. The van der Waals surface area contributed by atoms with Crippen molar-refractivity contribution in [2.45, 2.75) is 0 Å². The predicted octanol–water partition coefficient (Wildman–Crippen LogP) is -6.54. The first kappa shape index (κ1) is 40.1. The van der Waals surface area contributed by atoms with E-state index in [2.05, 4.69) is 0 Å². The van der Waals surface area contributed by atoms with Crippen LogP contribution in [-0.2, 0) is 0 Å². The van der Waals surface area contributed by atoms with Crippen LogP contribution >= 0.6 is 0 Å². The van der Waals surface area contributed by atoms with Gasteiger partial charge in [-0.1, -0.05) is 0 Å². The van der Waals surface area contributed by atoms with Crippen molar-refractivity contribution >= 4 is 17.4 Å². The van der Waals surface area contributed by atoms with E-state index in [-0.39, 0.29) is 82.0 Å². The summed E-state index contributed by atoms with van der Waals surface area (Å²) in [6, 6.07) is 0. The smallest absolute Gasteiger partial charge is 0.870 e. The number of hydrogen-bond donors (Lipinski definition) is 0. The summed E-state index contributed by atoms with van der Waals surface area (Å²) in [5.74, 6) is 0. The third-order valence-corrected chi connectivity index (χ3v) is 0. The van der Waals surface area contributed by atoms with Gasteiger partial charge in [0.25, 0.3) is 0 Å². The summed E-state index contributed by atoms with van der Waals surface area (Å²) in [5, 5.41) is 23.8. The van der Waals surface area contributed by atoms with Gasteiger partial charge in [0.05, 0.1) is 5.09 Å². The molecular weight excluding hydrogens is 197 g/mol. The zero-order chi connectivity index (χ0) is 6.28. The molecule has 0 spiro atoms. The largest absolute Gasteiger partial charge is 3.00 e. The fourth-order valence-electron chi connectivity index (χ4n) is 0. The molecule has 1 N–H and O–H groups in total. The molecule has 8 nitrogen and oxygen atoms in total. The number of nitrogens with zero attached hydrogens (tertiary/aromatic N) is 2. The van der Waals surface area contributed by atoms with Crippen LogP contribution in [0.2, 0.25) is 0 Å². The summed E-state index contributed by atoms with van der Waals surface area (Å²) in [6.45, 7) is 0. The molecule has 11 heavy (non-hydrogen) atoms. The van der Waals surface area contributed by atoms with Crippen LogP contribution in [0.1, 0.15) is 0 Å². The number of rotatable bonds is 0. The Morgan fingerprint density at radius 3 is 1.18 bits per heavy atom. The average Bonchev–Trinajstić information content (AvgIpc) is 1.33. The first-order valence-corrected chi connectivity index (χ1v) is 0.913. The van der Waals surface area contributed by atoms with E-state index in [0.717, 1.165) is 5.34 Å². The molecule has 0 fully saturated rings. The molecule has 0 aliphatic rings. The molecule has 0 radical (unpaired) electrons. The number of hydrogen-bond acceptors (Lipinski definition) is 7. The van der Waals surface area contributed by atoms with Crippen molar-refractivity contribution in [3.05, 3.63) is 25.4 Å². The molecule has 0 atom stereocenters. The third kappa shape index (κ3) is 768. The summed E-state index contributed by atoms with van der Waals surface area (Å²) in [7, 11) is 0. The topological polar surface area (TPSA) is 149 Å². The molecule has 0 aliphatic heterocycles. The fourth-order valence-corrected chi connectivity index (χ4v) is 0. The van der Waals surface area contributed by atoms with Crippen molar-refractivity contribution in [2.24, 2.45) is 5.34 Å². The van der Waals surface area contributed by atoms with Crippen molar-refractivity contribution in [2.75, 3.05) is 0 Å². The maximum absolute atomic E-state index is 8.25. The maximum atomic E-state index is 8.25. The van der Waals surface area contributed by atoms with E-state index in [4.69, 9.17) is 25.4 Å². The van der Waals surface area contributed by atoms with Gasteiger partial charge < -0.3 is 30.9 Å². The van der Waals surface area contributed by atoms with E-state index in [1.165, 1.54) is 0 Å². The second-order valence-electron chi connectivity index (χ2n) is 0.298. The van der Waals surface area contributed by atoms with E-state index in [0.29, 0.717) is 0 Å². The van der Waals surface area contributed by atoms with Gasteiger partial charge in [-0.3, -0.25) is 0 Å². The van der Waals surface area contributed by atoms with Gasteiger partial charge in [-0.05, 0) is 0 Å². The minimum atomic E-state index is -1.75. The van der Waals surface area contributed by atoms with Gasteiger partial charge >= 0.3 is 76.5 Å². The van der Waals surface area contributed by atoms with Gasteiger partial charge in [0.1, 0.15) is 0 Å². The normalized spacial score (nSPS) is 3.27. The Bertz CT molecular complexity index is 65.6. The van der Waals surface area contributed by atoms with Crippen LogP contribution < -0.4 is 59.1 Å². The van der Waals surface area contributed by atoms with Gasteiger partial charge in [0.2, 0.25) is 0 Å². The monoisotopic (exact) mass is 198 g/mol. The Kier molecular flexibility index (Phi) is 159. The van der Waals surface area contributed by atoms with Crippen molar-refractivity contribution in [1.29, 1.82) is 0 Å². The third-order valence-electron chi connectivity index (χ3n) is 0. The molecule has 0 bridgehead atoms. The van der Waals surface area contributed by atoms with Crippen molar-refractivity contribution in [3.63, 3.8) is 0 Å². The molecule has 0 amide bonds. The summed E-state index contributed by atoms with van der Waals surface area (Å²) in [6.07, 6.45) is 0. The van der Waals surface area contributed by atoms with Gasteiger partial charge in [-0.15, -0.1) is 5.34 Å². The summed E-state index contributed by atoms with van der Waals surface area (Å²) >= 11 is 0.